The molecule has 0 aliphatic heterocycles. The van der Waals surface area contributed by atoms with E-state index in [4.69, 9.17) is 4.74 Å². The average molecular weight is 350 g/mol. The Balaban J connectivity index is 2.47. The van der Waals surface area contributed by atoms with Gasteiger partial charge >= 0.3 is 0 Å². The van der Waals surface area contributed by atoms with Gasteiger partial charge in [0.25, 0.3) is 0 Å². The molecule has 4 nitrogen and oxygen atoms in total. The van der Waals surface area contributed by atoms with Crippen molar-refractivity contribution in [3.8, 4) is 5.88 Å². The topological polar surface area (TPSA) is 47.0 Å². The third kappa shape index (κ3) is 3.80. The summed E-state index contributed by atoms with van der Waals surface area (Å²) in [5.41, 5.74) is 3.15. The molecule has 21 heavy (non-hydrogen) atoms. The molecule has 1 aromatic carbocycles. The number of methoxy groups -OCH3 is 1. The van der Waals surface area contributed by atoms with Crippen LogP contribution in [-0.2, 0) is 0 Å². The summed E-state index contributed by atoms with van der Waals surface area (Å²) in [6, 6.07) is 6.27. The van der Waals surface area contributed by atoms with E-state index >= 15 is 0 Å². The maximum absolute atomic E-state index is 5.36. The smallest absolute Gasteiger partial charge is 0.237 e. The van der Waals surface area contributed by atoms with Gasteiger partial charge in [0.05, 0.1) is 13.2 Å². The Morgan fingerprint density at radius 2 is 2.05 bits per heavy atom. The zero-order valence-corrected chi connectivity index (χ0v) is 14.1. The monoisotopic (exact) mass is 349 g/mol. The molecule has 0 bridgehead atoms. The van der Waals surface area contributed by atoms with Crippen LogP contribution >= 0.6 is 15.9 Å². The SMILES string of the molecule is CCCNC(c1ccc(C)cc1Br)c1nccnc1OC. The average Bonchev–Trinajstić information content (AvgIpc) is 2.49. The minimum absolute atomic E-state index is 0.0522. The Hall–Kier alpha value is -1.46. The van der Waals surface area contributed by atoms with Gasteiger partial charge in [0, 0.05) is 16.9 Å². The molecule has 0 aliphatic rings. The molecule has 1 atom stereocenters. The number of halogens is 1. The molecule has 0 saturated carbocycles. The summed E-state index contributed by atoms with van der Waals surface area (Å²) in [7, 11) is 1.62. The number of nitrogens with zero attached hydrogens (tertiary/aromatic N) is 2. The van der Waals surface area contributed by atoms with E-state index in [0.29, 0.717) is 5.88 Å². The number of hydrogen-bond donors (Lipinski definition) is 1. The zero-order chi connectivity index (χ0) is 15.2. The predicted octanol–water partition coefficient (Wildman–Crippen LogP) is 3.65. The molecule has 0 spiro atoms. The van der Waals surface area contributed by atoms with Gasteiger partial charge < -0.3 is 10.1 Å². The molecule has 0 radical (unpaired) electrons. The minimum atomic E-state index is -0.0522. The molecule has 0 saturated heterocycles. The highest BCUT2D eigenvalue weighted by Crippen LogP contribution is 2.31. The van der Waals surface area contributed by atoms with E-state index in [2.05, 4.69) is 63.3 Å². The van der Waals surface area contributed by atoms with Crippen LogP contribution in [0.5, 0.6) is 5.88 Å². The van der Waals surface area contributed by atoms with Gasteiger partial charge in [-0.2, -0.15) is 0 Å². The fourth-order valence-corrected chi connectivity index (χ4v) is 2.92. The fraction of sp³-hybridized carbons (Fsp3) is 0.375. The predicted molar refractivity (Wildman–Crippen MR) is 87.6 cm³/mol. The van der Waals surface area contributed by atoms with Crippen molar-refractivity contribution in [2.45, 2.75) is 26.3 Å². The van der Waals surface area contributed by atoms with E-state index in [-0.39, 0.29) is 6.04 Å². The summed E-state index contributed by atoms with van der Waals surface area (Å²) in [5.74, 6) is 0.554. The van der Waals surface area contributed by atoms with Gasteiger partial charge in [-0.05, 0) is 37.1 Å². The number of rotatable bonds is 6. The second-order valence-corrected chi connectivity index (χ2v) is 5.72. The summed E-state index contributed by atoms with van der Waals surface area (Å²) < 4.78 is 6.42. The Bertz CT molecular complexity index is 604. The lowest BCUT2D eigenvalue weighted by atomic mass is 10.0. The number of ether oxygens (including phenoxy) is 1. The highest BCUT2D eigenvalue weighted by molar-refractivity contribution is 9.10. The van der Waals surface area contributed by atoms with Crippen LogP contribution in [0.15, 0.2) is 35.1 Å². The standard InChI is InChI=1S/C16H20BrN3O/c1-4-7-18-14(12-6-5-11(2)10-13(12)17)15-16(21-3)20-9-8-19-15/h5-6,8-10,14,18H,4,7H2,1-3H3. The van der Waals surface area contributed by atoms with Crippen molar-refractivity contribution in [3.63, 3.8) is 0 Å². The van der Waals surface area contributed by atoms with E-state index in [1.807, 2.05) is 0 Å². The van der Waals surface area contributed by atoms with Crippen molar-refractivity contribution < 1.29 is 4.74 Å². The zero-order valence-electron chi connectivity index (χ0n) is 12.6. The third-order valence-corrected chi connectivity index (χ3v) is 3.91. The van der Waals surface area contributed by atoms with E-state index in [0.717, 1.165) is 28.7 Å². The number of nitrogens with one attached hydrogen (secondary N) is 1. The van der Waals surface area contributed by atoms with Crippen molar-refractivity contribution in [3.05, 3.63) is 51.9 Å². The fourth-order valence-electron chi connectivity index (χ4n) is 2.20. The maximum Gasteiger partial charge on any atom is 0.237 e. The van der Waals surface area contributed by atoms with Crippen LogP contribution in [0.2, 0.25) is 0 Å². The second kappa shape index (κ2) is 7.52. The molecule has 0 fully saturated rings. The van der Waals surface area contributed by atoms with Gasteiger partial charge in [0.2, 0.25) is 5.88 Å². The molecule has 1 heterocycles. The Labute approximate surface area is 134 Å². The summed E-state index contributed by atoms with van der Waals surface area (Å²) in [6.07, 6.45) is 4.38. The quantitative estimate of drug-likeness (QED) is 0.864. The van der Waals surface area contributed by atoms with E-state index in [1.165, 1.54) is 5.56 Å². The number of aromatic nitrogens is 2. The molecule has 1 aromatic heterocycles. The molecule has 5 heteroatoms. The lowest BCUT2D eigenvalue weighted by Gasteiger charge is -2.21. The molecule has 2 rings (SSSR count). The van der Waals surface area contributed by atoms with Crippen molar-refractivity contribution >= 4 is 15.9 Å². The number of benzene rings is 1. The molecule has 0 amide bonds. The van der Waals surface area contributed by atoms with Crippen molar-refractivity contribution in [1.82, 2.24) is 15.3 Å². The van der Waals surface area contributed by atoms with Crippen LogP contribution in [0, 0.1) is 6.92 Å². The van der Waals surface area contributed by atoms with Crippen molar-refractivity contribution in [1.29, 1.82) is 0 Å². The van der Waals surface area contributed by atoms with Crippen LogP contribution < -0.4 is 10.1 Å². The van der Waals surface area contributed by atoms with Gasteiger partial charge in [0.1, 0.15) is 5.69 Å². The van der Waals surface area contributed by atoms with Crippen LogP contribution in [0.1, 0.15) is 36.2 Å². The highest BCUT2D eigenvalue weighted by Gasteiger charge is 2.22. The summed E-state index contributed by atoms with van der Waals surface area (Å²) in [5, 5.41) is 3.52. The second-order valence-electron chi connectivity index (χ2n) is 4.86. The third-order valence-electron chi connectivity index (χ3n) is 3.22. The first-order valence-corrected chi connectivity index (χ1v) is 7.81. The molecule has 1 N–H and O–H groups in total. The first kappa shape index (κ1) is 15.9. The van der Waals surface area contributed by atoms with E-state index < -0.39 is 0 Å². The van der Waals surface area contributed by atoms with Gasteiger partial charge in [-0.15, -0.1) is 0 Å². The van der Waals surface area contributed by atoms with Crippen LogP contribution in [0.25, 0.3) is 0 Å². The van der Waals surface area contributed by atoms with Crippen LogP contribution in [0.3, 0.4) is 0 Å². The summed E-state index contributed by atoms with van der Waals surface area (Å²) in [4.78, 5) is 8.73. The van der Waals surface area contributed by atoms with E-state index in [1.54, 1.807) is 19.5 Å². The Morgan fingerprint density at radius 3 is 2.71 bits per heavy atom. The molecule has 2 aromatic rings. The van der Waals surface area contributed by atoms with E-state index in [9.17, 15) is 0 Å². The van der Waals surface area contributed by atoms with Crippen molar-refractivity contribution in [2.75, 3.05) is 13.7 Å². The molecule has 0 aliphatic carbocycles. The Kier molecular flexibility index (Phi) is 5.70. The lowest BCUT2D eigenvalue weighted by molar-refractivity contribution is 0.382. The Morgan fingerprint density at radius 1 is 1.29 bits per heavy atom. The van der Waals surface area contributed by atoms with Crippen LogP contribution in [-0.4, -0.2) is 23.6 Å². The molecular formula is C16H20BrN3O. The van der Waals surface area contributed by atoms with Crippen molar-refractivity contribution in [2.24, 2.45) is 0 Å². The van der Waals surface area contributed by atoms with Gasteiger partial charge in [-0.25, -0.2) is 4.98 Å². The number of hydrogen-bond acceptors (Lipinski definition) is 4. The minimum Gasteiger partial charge on any atom is -0.480 e. The molecule has 1 unspecified atom stereocenters. The van der Waals surface area contributed by atoms with Gasteiger partial charge in [0.15, 0.2) is 0 Å². The highest BCUT2D eigenvalue weighted by atomic mass is 79.9. The van der Waals surface area contributed by atoms with Gasteiger partial charge in [-0.1, -0.05) is 35.0 Å². The largest absolute Gasteiger partial charge is 0.480 e. The van der Waals surface area contributed by atoms with Gasteiger partial charge in [-0.3, -0.25) is 4.98 Å². The first-order valence-electron chi connectivity index (χ1n) is 7.01. The summed E-state index contributed by atoms with van der Waals surface area (Å²) >= 11 is 3.65. The number of aryl methyl sites for hydroxylation is 1. The summed E-state index contributed by atoms with van der Waals surface area (Å²) in [6.45, 7) is 5.11. The lowest BCUT2D eigenvalue weighted by Crippen LogP contribution is -2.25. The van der Waals surface area contributed by atoms with Crippen LogP contribution in [0.4, 0.5) is 0 Å². The first-order chi connectivity index (χ1) is 10.2. The molecule has 112 valence electrons. The normalized spacial score (nSPS) is 12.2. The maximum atomic E-state index is 5.36. The molecular weight excluding hydrogens is 330 g/mol.